The topological polar surface area (TPSA) is 34.0 Å². The van der Waals surface area contributed by atoms with Gasteiger partial charge in [-0.3, -0.25) is 4.79 Å². The molecule has 0 aliphatic rings. The second kappa shape index (κ2) is 5.89. The van der Waals surface area contributed by atoms with Gasteiger partial charge in [0.25, 0.3) is 5.56 Å². The third-order valence-electron chi connectivity index (χ3n) is 3.73. The number of benzene rings is 2. The minimum absolute atomic E-state index is 0.0192. The summed E-state index contributed by atoms with van der Waals surface area (Å²) in [5.41, 5.74) is 3.26. The summed E-state index contributed by atoms with van der Waals surface area (Å²) in [6.45, 7) is 2.07. The number of anilines is 1. The number of nitrogens with one attached hydrogen (secondary N) is 1. The van der Waals surface area contributed by atoms with Gasteiger partial charge in [-0.2, -0.15) is 0 Å². The molecule has 0 aliphatic heterocycles. The highest BCUT2D eigenvalue weighted by Gasteiger charge is 2.08. The Kier molecular flexibility index (Phi) is 3.94. The second-order valence-electron chi connectivity index (χ2n) is 5.30. The molecule has 3 nitrogen and oxygen atoms in total. The van der Waals surface area contributed by atoms with Gasteiger partial charge in [0.2, 0.25) is 0 Å². The summed E-state index contributed by atoms with van der Waals surface area (Å²) < 4.78 is 1.70. The highest BCUT2D eigenvalue weighted by atomic mass is 32.2. The SMILES string of the molecule is CNc1ccc(Sc2cc(=O)n(C)c3ccc(C)cc23)cc1. The molecule has 4 heteroatoms. The molecule has 112 valence electrons. The second-order valence-corrected chi connectivity index (χ2v) is 6.42. The number of hydrogen-bond acceptors (Lipinski definition) is 3. The third-order valence-corrected chi connectivity index (χ3v) is 4.80. The van der Waals surface area contributed by atoms with E-state index in [-0.39, 0.29) is 5.56 Å². The molecule has 1 heterocycles. The first-order chi connectivity index (χ1) is 10.6. The molecular formula is C18H18N2OS. The molecule has 1 N–H and O–H groups in total. The number of nitrogens with zero attached hydrogens (tertiary/aromatic N) is 1. The molecule has 0 fully saturated rings. The first kappa shape index (κ1) is 14.7. The third kappa shape index (κ3) is 2.74. The van der Waals surface area contributed by atoms with Crippen LogP contribution in [0.5, 0.6) is 0 Å². The number of fused-ring (bicyclic) bond motifs is 1. The van der Waals surface area contributed by atoms with Crippen LogP contribution in [0.2, 0.25) is 0 Å². The Morgan fingerprint density at radius 3 is 2.45 bits per heavy atom. The van der Waals surface area contributed by atoms with Crippen molar-refractivity contribution in [1.82, 2.24) is 4.57 Å². The standard InChI is InChI=1S/C18H18N2OS/c1-12-4-9-16-15(10-12)17(11-18(21)20(16)3)22-14-7-5-13(19-2)6-8-14/h4-11,19H,1-3H3. The molecule has 0 unspecified atom stereocenters. The van der Waals surface area contributed by atoms with Gasteiger partial charge in [0.15, 0.2) is 0 Å². The summed E-state index contributed by atoms with van der Waals surface area (Å²) in [5, 5.41) is 4.22. The average molecular weight is 310 g/mol. The maximum atomic E-state index is 12.2. The highest BCUT2D eigenvalue weighted by Crippen LogP contribution is 2.33. The molecule has 0 saturated heterocycles. The largest absolute Gasteiger partial charge is 0.388 e. The van der Waals surface area contributed by atoms with E-state index in [2.05, 4.69) is 30.4 Å². The predicted molar refractivity (Wildman–Crippen MR) is 94.0 cm³/mol. The van der Waals surface area contributed by atoms with Gasteiger partial charge in [-0.25, -0.2) is 0 Å². The zero-order chi connectivity index (χ0) is 15.7. The Morgan fingerprint density at radius 1 is 1.05 bits per heavy atom. The molecule has 1 aromatic heterocycles. The quantitative estimate of drug-likeness (QED) is 0.793. The van der Waals surface area contributed by atoms with E-state index in [0.29, 0.717) is 0 Å². The van der Waals surface area contributed by atoms with E-state index < -0.39 is 0 Å². The van der Waals surface area contributed by atoms with Crippen LogP contribution in [-0.2, 0) is 7.05 Å². The summed E-state index contributed by atoms with van der Waals surface area (Å²) >= 11 is 1.63. The van der Waals surface area contributed by atoms with E-state index in [1.165, 1.54) is 5.56 Å². The van der Waals surface area contributed by atoms with Crippen LogP contribution in [0.25, 0.3) is 10.9 Å². The number of hydrogen-bond donors (Lipinski definition) is 1. The Bertz CT molecular complexity index is 882. The van der Waals surface area contributed by atoms with Crippen molar-refractivity contribution in [2.45, 2.75) is 16.7 Å². The van der Waals surface area contributed by atoms with Crippen LogP contribution in [-0.4, -0.2) is 11.6 Å². The Morgan fingerprint density at radius 2 is 1.77 bits per heavy atom. The summed E-state index contributed by atoms with van der Waals surface area (Å²) in [5.74, 6) is 0. The van der Waals surface area contributed by atoms with E-state index >= 15 is 0 Å². The lowest BCUT2D eigenvalue weighted by atomic mass is 10.1. The lowest BCUT2D eigenvalue weighted by molar-refractivity contribution is 0.898. The van der Waals surface area contributed by atoms with Crippen molar-refractivity contribution >= 4 is 28.4 Å². The van der Waals surface area contributed by atoms with Gasteiger partial charge >= 0.3 is 0 Å². The Hall–Kier alpha value is -2.20. The predicted octanol–water partition coefficient (Wildman–Crippen LogP) is 4.04. The monoisotopic (exact) mass is 310 g/mol. The molecule has 0 aliphatic carbocycles. The van der Waals surface area contributed by atoms with Crippen molar-refractivity contribution in [3.63, 3.8) is 0 Å². The smallest absolute Gasteiger partial charge is 0.251 e. The molecular weight excluding hydrogens is 292 g/mol. The van der Waals surface area contributed by atoms with Gasteiger partial charge < -0.3 is 9.88 Å². The van der Waals surface area contributed by atoms with Gasteiger partial charge in [-0.15, -0.1) is 0 Å². The van der Waals surface area contributed by atoms with E-state index in [1.54, 1.807) is 22.4 Å². The lowest BCUT2D eigenvalue weighted by Gasteiger charge is -2.11. The van der Waals surface area contributed by atoms with Gasteiger partial charge in [0.05, 0.1) is 5.52 Å². The van der Waals surface area contributed by atoms with Gasteiger partial charge in [0.1, 0.15) is 0 Å². The van der Waals surface area contributed by atoms with Crippen LogP contribution in [0.15, 0.2) is 63.1 Å². The first-order valence-corrected chi connectivity index (χ1v) is 7.96. The summed E-state index contributed by atoms with van der Waals surface area (Å²) in [6, 6.07) is 16.1. The van der Waals surface area contributed by atoms with Crippen molar-refractivity contribution in [3.8, 4) is 0 Å². The Labute approximate surface area is 134 Å². The van der Waals surface area contributed by atoms with Crippen LogP contribution in [0.4, 0.5) is 5.69 Å². The van der Waals surface area contributed by atoms with E-state index in [1.807, 2.05) is 38.4 Å². The fraction of sp³-hybridized carbons (Fsp3) is 0.167. The molecule has 0 radical (unpaired) electrons. The van der Waals surface area contributed by atoms with Gasteiger partial charge in [-0.1, -0.05) is 23.4 Å². The van der Waals surface area contributed by atoms with Crippen LogP contribution in [0, 0.1) is 6.92 Å². The minimum atomic E-state index is 0.0192. The fourth-order valence-corrected chi connectivity index (χ4v) is 3.41. The molecule has 3 rings (SSSR count). The molecule has 0 saturated carbocycles. The lowest BCUT2D eigenvalue weighted by Crippen LogP contribution is -2.16. The molecule has 0 atom stereocenters. The molecule has 22 heavy (non-hydrogen) atoms. The molecule has 3 aromatic rings. The van der Waals surface area contributed by atoms with Crippen LogP contribution >= 0.6 is 11.8 Å². The average Bonchev–Trinajstić information content (AvgIpc) is 2.53. The zero-order valence-electron chi connectivity index (χ0n) is 12.9. The maximum Gasteiger partial charge on any atom is 0.251 e. The van der Waals surface area contributed by atoms with Crippen molar-refractivity contribution in [3.05, 3.63) is 64.4 Å². The normalized spacial score (nSPS) is 10.9. The van der Waals surface area contributed by atoms with E-state index in [4.69, 9.17) is 0 Å². The summed E-state index contributed by atoms with van der Waals surface area (Å²) in [6.07, 6.45) is 0. The van der Waals surface area contributed by atoms with Crippen LogP contribution in [0.1, 0.15) is 5.56 Å². The van der Waals surface area contributed by atoms with E-state index in [0.717, 1.165) is 26.4 Å². The molecule has 0 spiro atoms. The van der Waals surface area contributed by atoms with E-state index in [9.17, 15) is 4.79 Å². The zero-order valence-corrected chi connectivity index (χ0v) is 13.7. The van der Waals surface area contributed by atoms with Crippen molar-refractivity contribution < 1.29 is 0 Å². The van der Waals surface area contributed by atoms with Crippen LogP contribution < -0.4 is 10.9 Å². The molecule has 0 amide bonds. The summed E-state index contributed by atoms with van der Waals surface area (Å²) in [7, 11) is 3.72. The van der Waals surface area contributed by atoms with Crippen molar-refractivity contribution in [2.24, 2.45) is 7.05 Å². The Balaban J connectivity index is 2.11. The number of aromatic nitrogens is 1. The van der Waals surface area contributed by atoms with Gasteiger partial charge in [0, 0.05) is 41.0 Å². The van der Waals surface area contributed by atoms with Crippen molar-refractivity contribution in [1.29, 1.82) is 0 Å². The van der Waals surface area contributed by atoms with Crippen LogP contribution in [0.3, 0.4) is 0 Å². The maximum absolute atomic E-state index is 12.2. The fourth-order valence-electron chi connectivity index (χ4n) is 2.45. The summed E-state index contributed by atoms with van der Waals surface area (Å²) in [4.78, 5) is 14.3. The van der Waals surface area contributed by atoms with Crippen molar-refractivity contribution in [2.75, 3.05) is 12.4 Å². The number of rotatable bonds is 3. The number of aryl methyl sites for hydroxylation is 2. The van der Waals surface area contributed by atoms with Gasteiger partial charge in [-0.05, 0) is 43.3 Å². The highest BCUT2D eigenvalue weighted by molar-refractivity contribution is 7.99. The first-order valence-electron chi connectivity index (χ1n) is 7.14. The molecule has 2 aromatic carbocycles. The molecule has 0 bridgehead atoms. The number of pyridine rings is 1. The minimum Gasteiger partial charge on any atom is -0.388 e.